The summed E-state index contributed by atoms with van der Waals surface area (Å²) in [5, 5.41) is 3.38. The zero-order chi connectivity index (χ0) is 23.9. The van der Waals surface area contributed by atoms with Gasteiger partial charge in [0, 0.05) is 26.2 Å². The van der Waals surface area contributed by atoms with Gasteiger partial charge in [-0.2, -0.15) is 26.3 Å². The van der Waals surface area contributed by atoms with E-state index >= 15 is 0 Å². The SMILES string of the molecule is CCCCCCOC(=O)N(CCCCCNC(=O)C(F)(F)F)CCNC(=O)C(F)(F)F. The second-order valence-corrected chi connectivity index (χ2v) is 6.73. The van der Waals surface area contributed by atoms with Crippen LogP contribution in [-0.2, 0) is 14.3 Å². The highest BCUT2D eigenvalue weighted by molar-refractivity contribution is 5.82. The summed E-state index contributed by atoms with van der Waals surface area (Å²) >= 11 is 0. The standard InChI is InChI=1S/C18H29F6N3O4/c1-2-3-4-8-13-31-16(30)27(12-10-26-15(29)18(22,23)24)11-7-5-6-9-25-14(28)17(19,20)21/h2-13H2,1H3,(H,25,28)(H,26,29). The van der Waals surface area contributed by atoms with Crippen LogP contribution >= 0.6 is 0 Å². The van der Waals surface area contributed by atoms with Crippen LogP contribution in [0.4, 0.5) is 31.1 Å². The van der Waals surface area contributed by atoms with E-state index in [-0.39, 0.29) is 32.7 Å². The van der Waals surface area contributed by atoms with E-state index in [9.17, 15) is 40.7 Å². The van der Waals surface area contributed by atoms with Crippen molar-refractivity contribution in [1.29, 1.82) is 0 Å². The number of unbranched alkanes of at least 4 members (excludes halogenated alkanes) is 5. The van der Waals surface area contributed by atoms with Crippen LogP contribution in [0.15, 0.2) is 0 Å². The molecule has 0 fully saturated rings. The summed E-state index contributed by atoms with van der Waals surface area (Å²) in [6, 6.07) is 0. The van der Waals surface area contributed by atoms with E-state index in [0.29, 0.717) is 19.3 Å². The molecule has 0 saturated heterocycles. The molecule has 0 saturated carbocycles. The molecule has 0 aromatic heterocycles. The first-order valence-electron chi connectivity index (χ1n) is 10.0. The average Bonchev–Trinajstić information content (AvgIpc) is 2.66. The van der Waals surface area contributed by atoms with E-state index < -0.39 is 36.8 Å². The van der Waals surface area contributed by atoms with Gasteiger partial charge in [0.25, 0.3) is 0 Å². The molecule has 0 rings (SSSR count). The van der Waals surface area contributed by atoms with E-state index in [4.69, 9.17) is 4.74 Å². The maximum absolute atomic E-state index is 12.2. The molecule has 0 spiro atoms. The smallest absolute Gasteiger partial charge is 0.449 e. The quantitative estimate of drug-likeness (QED) is 0.304. The molecule has 0 unspecified atom stereocenters. The van der Waals surface area contributed by atoms with Gasteiger partial charge in [-0.25, -0.2) is 4.79 Å². The second kappa shape index (κ2) is 14.7. The summed E-state index contributed by atoms with van der Waals surface area (Å²) < 4.78 is 78.0. The lowest BCUT2D eigenvalue weighted by atomic mass is 10.2. The molecule has 0 aromatic carbocycles. The van der Waals surface area contributed by atoms with Crippen molar-refractivity contribution in [3.63, 3.8) is 0 Å². The second-order valence-electron chi connectivity index (χ2n) is 6.73. The van der Waals surface area contributed by atoms with E-state index in [1.54, 1.807) is 10.6 Å². The molecule has 13 heteroatoms. The number of amides is 3. The summed E-state index contributed by atoms with van der Waals surface area (Å²) in [4.78, 5) is 34.8. The Balaban J connectivity index is 4.40. The summed E-state index contributed by atoms with van der Waals surface area (Å²) in [5.41, 5.74) is 0. The minimum absolute atomic E-state index is 0.0723. The Hall–Kier alpha value is -2.21. The highest BCUT2D eigenvalue weighted by atomic mass is 19.4. The van der Waals surface area contributed by atoms with Gasteiger partial charge in [0.2, 0.25) is 0 Å². The van der Waals surface area contributed by atoms with E-state index in [2.05, 4.69) is 0 Å². The molecule has 0 aliphatic carbocycles. The summed E-state index contributed by atoms with van der Waals surface area (Å²) in [5.74, 6) is -4.16. The van der Waals surface area contributed by atoms with Crippen LogP contribution in [0.3, 0.4) is 0 Å². The summed E-state index contributed by atoms with van der Waals surface area (Å²) in [7, 11) is 0. The van der Waals surface area contributed by atoms with Crippen molar-refractivity contribution in [2.24, 2.45) is 0 Å². The minimum Gasteiger partial charge on any atom is -0.449 e. The van der Waals surface area contributed by atoms with Crippen molar-refractivity contribution in [2.75, 3.05) is 32.8 Å². The first-order valence-corrected chi connectivity index (χ1v) is 10.0. The zero-order valence-electron chi connectivity index (χ0n) is 17.3. The van der Waals surface area contributed by atoms with Crippen molar-refractivity contribution in [3.8, 4) is 0 Å². The highest BCUT2D eigenvalue weighted by Gasteiger charge is 2.38. The van der Waals surface area contributed by atoms with Crippen molar-refractivity contribution < 1.29 is 45.5 Å². The van der Waals surface area contributed by atoms with Crippen LogP contribution in [-0.4, -0.2) is 67.9 Å². The number of carbonyl (C=O) groups excluding carboxylic acids is 3. The fraction of sp³-hybridized carbons (Fsp3) is 0.833. The first-order chi connectivity index (χ1) is 14.4. The fourth-order valence-corrected chi connectivity index (χ4v) is 2.39. The molecule has 0 aromatic rings. The molecule has 7 nitrogen and oxygen atoms in total. The number of hydrogen-bond acceptors (Lipinski definition) is 4. The predicted molar refractivity (Wildman–Crippen MR) is 99.0 cm³/mol. The number of hydrogen-bond donors (Lipinski definition) is 2. The maximum atomic E-state index is 12.2. The van der Waals surface area contributed by atoms with Crippen LogP contribution < -0.4 is 10.6 Å². The normalized spacial score (nSPS) is 11.7. The van der Waals surface area contributed by atoms with Crippen molar-refractivity contribution >= 4 is 17.9 Å². The van der Waals surface area contributed by atoms with Crippen molar-refractivity contribution in [1.82, 2.24) is 15.5 Å². The summed E-state index contributed by atoms with van der Waals surface area (Å²) in [6.45, 7) is 1.36. The van der Waals surface area contributed by atoms with E-state index in [1.807, 2.05) is 6.92 Å². The molecule has 0 bridgehead atoms. The molecule has 2 N–H and O–H groups in total. The number of rotatable bonds is 14. The molecule has 3 amide bonds. The molecular weight excluding hydrogens is 436 g/mol. The van der Waals surface area contributed by atoms with E-state index in [1.165, 1.54) is 0 Å². The topological polar surface area (TPSA) is 87.7 Å². The molecule has 0 aliphatic rings. The van der Waals surface area contributed by atoms with E-state index in [0.717, 1.165) is 24.2 Å². The number of carbonyl (C=O) groups is 3. The van der Waals surface area contributed by atoms with Crippen LogP contribution in [0.1, 0.15) is 51.9 Å². The average molecular weight is 465 g/mol. The molecule has 0 heterocycles. The Morgan fingerprint density at radius 2 is 1.29 bits per heavy atom. The van der Waals surface area contributed by atoms with Crippen molar-refractivity contribution in [2.45, 2.75) is 64.2 Å². The Bertz CT molecular complexity index is 555. The Kier molecular flexibility index (Phi) is 13.7. The Labute approximate surface area is 176 Å². The van der Waals surface area contributed by atoms with Gasteiger partial charge in [0.05, 0.1) is 6.61 Å². The fourth-order valence-electron chi connectivity index (χ4n) is 2.39. The van der Waals surface area contributed by atoms with Crippen LogP contribution in [0.5, 0.6) is 0 Å². The monoisotopic (exact) mass is 465 g/mol. The lowest BCUT2D eigenvalue weighted by Crippen LogP contribution is -2.43. The number of alkyl halides is 6. The number of halogens is 6. The zero-order valence-corrected chi connectivity index (χ0v) is 17.3. The minimum atomic E-state index is -5.04. The van der Waals surface area contributed by atoms with Gasteiger partial charge in [-0.05, 0) is 25.7 Å². The molecule has 0 aliphatic heterocycles. The number of nitrogens with zero attached hydrogens (tertiary/aromatic N) is 1. The van der Waals surface area contributed by atoms with Crippen LogP contribution in [0.25, 0.3) is 0 Å². The van der Waals surface area contributed by atoms with Crippen LogP contribution in [0.2, 0.25) is 0 Å². The number of nitrogens with one attached hydrogen (secondary N) is 2. The third-order valence-corrected chi connectivity index (χ3v) is 4.05. The first kappa shape index (κ1) is 28.8. The lowest BCUT2D eigenvalue weighted by molar-refractivity contribution is -0.173. The highest BCUT2D eigenvalue weighted by Crippen LogP contribution is 2.14. The third-order valence-electron chi connectivity index (χ3n) is 4.05. The number of ether oxygens (including phenoxy) is 1. The molecular formula is C18H29F6N3O4. The van der Waals surface area contributed by atoms with Crippen LogP contribution in [0, 0.1) is 0 Å². The lowest BCUT2D eigenvalue weighted by Gasteiger charge is -2.22. The van der Waals surface area contributed by atoms with Gasteiger partial charge in [0.1, 0.15) is 0 Å². The Morgan fingerprint density at radius 1 is 0.742 bits per heavy atom. The van der Waals surface area contributed by atoms with Crippen molar-refractivity contribution in [3.05, 3.63) is 0 Å². The van der Waals surface area contributed by atoms with Gasteiger partial charge < -0.3 is 20.3 Å². The van der Waals surface area contributed by atoms with Gasteiger partial charge in [-0.15, -0.1) is 0 Å². The third kappa shape index (κ3) is 14.4. The molecule has 0 atom stereocenters. The molecule has 0 radical (unpaired) electrons. The summed E-state index contributed by atoms with van der Waals surface area (Å²) in [6.07, 6.45) is -6.41. The Morgan fingerprint density at radius 3 is 1.84 bits per heavy atom. The predicted octanol–water partition coefficient (Wildman–Crippen LogP) is 3.53. The van der Waals surface area contributed by atoms with Gasteiger partial charge in [-0.1, -0.05) is 26.2 Å². The molecule has 182 valence electrons. The molecule has 31 heavy (non-hydrogen) atoms. The maximum Gasteiger partial charge on any atom is 0.471 e. The largest absolute Gasteiger partial charge is 0.471 e. The van der Waals surface area contributed by atoms with Gasteiger partial charge in [0.15, 0.2) is 0 Å². The van der Waals surface area contributed by atoms with Gasteiger partial charge >= 0.3 is 30.3 Å². The van der Waals surface area contributed by atoms with Gasteiger partial charge in [-0.3, -0.25) is 9.59 Å².